The van der Waals surface area contributed by atoms with Crippen molar-refractivity contribution >= 4 is 11.0 Å². The standard InChI is InChI=1S/C15H12O/c1-11-4-2-6-13(10-11)14-7-3-5-12-8-9-16-15(12)14/h2-10H,1H3. The summed E-state index contributed by atoms with van der Waals surface area (Å²) in [5.74, 6) is 0. The van der Waals surface area contributed by atoms with E-state index in [2.05, 4.69) is 49.4 Å². The molecule has 0 saturated carbocycles. The van der Waals surface area contributed by atoms with Gasteiger partial charge in [0.05, 0.1) is 6.26 Å². The highest BCUT2D eigenvalue weighted by Crippen LogP contribution is 2.29. The van der Waals surface area contributed by atoms with Crippen molar-refractivity contribution in [3.63, 3.8) is 0 Å². The van der Waals surface area contributed by atoms with E-state index in [4.69, 9.17) is 4.42 Å². The molecule has 2 aromatic carbocycles. The summed E-state index contributed by atoms with van der Waals surface area (Å²) in [5.41, 5.74) is 4.60. The van der Waals surface area contributed by atoms with Gasteiger partial charge in [-0.05, 0) is 18.6 Å². The molecule has 3 aromatic rings. The van der Waals surface area contributed by atoms with E-state index in [0.717, 1.165) is 16.5 Å². The largest absolute Gasteiger partial charge is 0.464 e. The van der Waals surface area contributed by atoms with Gasteiger partial charge in [-0.1, -0.05) is 48.0 Å². The summed E-state index contributed by atoms with van der Waals surface area (Å²) in [7, 11) is 0. The second-order valence-electron chi connectivity index (χ2n) is 4.01. The first kappa shape index (κ1) is 9.22. The van der Waals surface area contributed by atoms with Crippen LogP contribution in [0, 0.1) is 6.92 Å². The van der Waals surface area contributed by atoms with Crippen LogP contribution in [0.15, 0.2) is 59.2 Å². The molecule has 0 radical (unpaired) electrons. The van der Waals surface area contributed by atoms with Gasteiger partial charge in [0.25, 0.3) is 0 Å². The van der Waals surface area contributed by atoms with Crippen LogP contribution in [-0.4, -0.2) is 0 Å². The molecule has 1 heterocycles. The summed E-state index contributed by atoms with van der Waals surface area (Å²) >= 11 is 0. The van der Waals surface area contributed by atoms with E-state index in [0.29, 0.717) is 0 Å². The minimum atomic E-state index is 0.966. The Kier molecular flexibility index (Phi) is 2.03. The average molecular weight is 208 g/mol. The number of aryl methyl sites for hydroxylation is 1. The maximum Gasteiger partial charge on any atom is 0.141 e. The number of benzene rings is 2. The summed E-state index contributed by atoms with van der Waals surface area (Å²) in [4.78, 5) is 0. The fourth-order valence-corrected chi connectivity index (χ4v) is 2.03. The summed E-state index contributed by atoms with van der Waals surface area (Å²) in [6.07, 6.45) is 1.74. The second-order valence-corrected chi connectivity index (χ2v) is 4.01. The van der Waals surface area contributed by atoms with Crippen molar-refractivity contribution in [2.45, 2.75) is 6.92 Å². The number of furan rings is 1. The van der Waals surface area contributed by atoms with Gasteiger partial charge in [0.15, 0.2) is 0 Å². The van der Waals surface area contributed by atoms with Crippen molar-refractivity contribution in [1.82, 2.24) is 0 Å². The Morgan fingerprint density at radius 2 is 1.81 bits per heavy atom. The van der Waals surface area contributed by atoms with Gasteiger partial charge in [-0.2, -0.15) is 0 Å². The number of fused-ring (bicyclic) bond motifs is 1. The van der Waals surface area contributed by atoms with Gasteiger partial charge in [-0.25, -0.2) is 0 Å². The minimum Gasteiger partial charge on any atom is -0.464 e. The fourth-order valence-electron chi connectivity index (χ4n) is 2.03. The van der Waals surface area contributed by atoms with Gasteiger partial charge in [0.2, 0.25) is 0 Å². The van der Waals surface area contributed by atoms with Gasteiger partial charge in [0, 0.05) is 10.9 Å². The molecule has 0 atom stereocenters. The molecule has 0 unspecified atom stereocenters. The summed E-state index contributed by atoms with van der Waals surface area (Å²) in [6.45, 7) is 2.10. The predicted octanol–water partition coefficient (Wildman–Crippen LogP) is 4.41. The van der Waals surface area contributed by atoms with Crippen LogP contribution in [0.25, 0.3) is 22.1 Å². The molecule has 0 N–H and O–H groups in total. The smallest absolute Gasteiger partial charge is 0.141 e. The monoisotopic (exact) mass is 208 g/mol. The zero-order valence-corrected chi connectivity index (χ0v) is 9.10. The van der Waals surface area contributed by atoms with E-state index < -0.39 is 0 Å². The Balaban J connectivity index is 2.29. The molecule has 0 amide bonds. The molecule has 1 aromatic heterocycles. The predicted molar refractivity (Wildman–Crippen MR) is 66.4 cm³/mol. The minimum absolute atomic E-state index is 0.966. The van der Waals surface area contributed by atoms with E-state index in [1.54, 1.807) is 6.26 Å². The van der Waals surface area contributed by atoms with Crippen LogP contribution in [0.2, 0.25) is 0 Å². The molecule has 78 valence electrons. The van der Waals surface area contributed by atoms with Crippen LogP contribution in [0.1, 0.15) is 5.56 Å². The zero-order valence-electron chi connectivity index (χ0n) is 9.10. The number of para-hydroxylation sites is 1. The highest BCUT2D eigenvalue weighted by Gasteiger charge is 2.05. The van der Waals surface area contributed by atoms with Gasteiger partial charge < -0.3 is 4.42 Å². The van der Waals surface area contributed by atoms with Crippen molar-refractivity contribution < 1.29 is 4.42 Å². The van der Waals surface area contributed by atoms with Crippen molar-refractivity contribution in [3.8, 4) is 11.1 Å². The molecule has 3 rings (SSSR count). The zero-order chi connectivity index (χ0) is 11.0. The first-order chi connectivity index (χ1) is 7.84. The highest BCUT2D eigenvalue weighted by atomic mass is 16.3. The maximum atomic E-state index is 5.54. The number of hydrogen-bond acceptors (Lipinski definition) is 1. The summed E-state index contributed by atoms with van der Waals surface area (Å²) in [5, 5.41) is 1.15. The Morgan fingerprint density at radius 3 is 2.69 bits per heavy atom. The van der Waals surface area contributed by atoms with Gasteiger partial charge in [0.1, 0.15) is 5.58 Å². The number of rotatable bonds is 1. The Labute approximate surface area is 94.3 Å². The lowest BCUT2D eigenvalue weighted by molar-refractivity contribution is 0.617. The quantitative estimate of drug-likeness (QED) is 0.577. The van der Waals surface area contributed by atoms with Crippen molar-refractivity contribution in [1.29, 1.82) is 0 Å². The molecule has 16 heavy (non-hydrogen) atoms. The molecule has 0 aliphatic heterocycles. The molecule has 0 aliphatic carbocycles. The number of hydrogen-bond donors (Lipinski definition) is 0. The Hall–Kier alpha value is -2.02. The third-order valence-electron chi connectivity index (χ3n) is 2.81. The molecule has 0 fully saturated rings. The van der Waals surface area contributed by atoms with Crippen molar-refractivity contribution in [2.24, 2.45) is 0 Å². The van der Waals surface area contributed by atoms with E-state index in [9.17, 15) is 0 Å². The van der Waals surface area contributed by atoms with Crippen LogP contribution in [0.4, 0.5) is 0 Å². The van der Waals surface area contributed by atoms with E-state index in [1.807, 2.05) is 6.07 Å². The average Bonchev–Trinajstić information content (AvgIpc) is 2.76. The highest BCUT2D eigenvalue weighted by molar-refractivity contribution is 5.92. The molecule has 0 spiro atoms. The van der Waals surface area contributed by atoms with E-state index in [-0.39, 0.29) is 0 Å². The molecule has 0 bridgehead atoms. The van der Waals surface area contributed by atoms with Crippen LogP contribution in [-0.2, 0) is 0 Å². The topological polar surface area (TPSA) is 13.1 Å². The molecule has 0 saturated heterocycles. The first-order valence-electron chi connectivity index (χ1n) is 5.38. The van der Waals surface area contributed by atoms with Crippen molar-refractivity contribution in [2.75, 3.05) is 0 Å². The molecular formula is C15H12O. The lowest BCUT2D eigenvalue weighted by Crippen LogP contribution is -1.79. The summed E-state index contributed by atoms with van der Waals surface area (Å²) in [6, 6.07) is 16.7. The maximum absolute atomic E-state index is 5.54. The van der Waals surface area contributed by atoms with Gasteiger partial charge in [-0.15, -0.1) is 0 Å². The van der Waals surface area contributed by atoms with Gasteiger partial charge >= 0.3 is 0 Å². The third kappa shape index (κ3) is 1.41. The lowest BCUT2D eigenvalue weighted by atomic mass is 10.0. The molecule has 1 heteroatoms. The summed E-state index contributed by atoms with van der Waals surface area (Å²) < 4.78 is 5.54. The lowest BCUT2D eigenvalue weighted by Gasteiger charge is -2.03. The van der Waals surface area contributed by atoms with Crippen LogP contribution >= 0.6 is 0 Å². The third-order valence-corrected chi connectivity index (χ3v) is 2.81. The normalized spacial score (nSPS) is 10.8. The fraction of sp³-hybridized carbons (Fsp3) is 0.0667. The van der Waals surface area contributed by atoms with Crippen LogP contribution in [0.3, 0.4) is 0 Å². The van der Waals surface area contributed by atoms with Crippen molar-refractivity contribution in [3.05, 3.63) is 60.4 Å². The SMILES string of the molecule is Cc1cccc(-c2cccc3ccoc23)c1. The molecular weight excluding hydrogens is 196 g/mol. The van der Waals surface area contributed by atoms with Gasteiger partial charge in [-0.3, -0.25) is 0 Å². The Bertz CT molecular complexity index is 634. The van der Waals surface area contributed by atoms with Crippen LogP contribution < -0.4 is 0 Å². The Morgan fingerprint density at radius 1 is 0.938 bits per heavy atom. The molecule has 1 nitrogen and oxygen atoms in total. The first-order valence-corrected chi connectivity index (χ1v) is 5.38. The van der Waals surface area contributed by atoms with E-state index in [1.165, 1.54) is 11.1 Å². The van der Waals surface area contributed by atoms with E-state index >= 15 is 0 Å². The molecule has 0 aliphatic rings. The second kappa shape index (κ2) is 3.53. The van der Waals surface area contributed by atoms with Crippen LogP contribution in [0.5, 0.6) is 0 Å².